The van der Waals surface area contributed by atoms with Crippen LogP contribution in [0.15, 0.2) is 85.2 Å². The predicted molar refractivity (Wildman–Crippen MR) is 88.5 cm³/mol. The zero-order chi connectivity index (χ0) is 15.6. The molecule has 112 valence electrons. The molecule has 0 saturated carbocycles. The van der Waals surface area contributed by atoms with Crippen molar-refractivity contribution in [2.75, 3.05) is 0 Å². The number of aromatic nitrogens is 2. The van der Waals surface area contributed by atoms with Crippen LogP contribution in [0, 0.1) is 5.82 Å². The van der Waals surface area contributed by atoms with Gasteiger partial charge in [-0.15, -0.1) is 0 Å². The molecule has 2 aromatic carbocycles. The summed E-state index contributed by atoms with van der Waals surface area (Å²) >= 11 is 0. The van der Waals surface area contributed by atoms with Crippen LogP contribution in [0.25, 0.3) is 16.9 Å². The van der Waals surface area contributed by atoms with Gasteiger partial charge in [-0.1, -0.05) is 48.5 Å². The fourth-order valence-corrected chi connectivity index (χ4v) is 2.88. The molecule has 2 aromatic heterocycles. The predicted octanol–water partition coefficient (Wildman–Crippen LogP) is 4.08. The van der Waals surface area contributed by atoms with E-state index in [4.69, 9.17) is 0 Å². The summed E-state index contributed by atoms with van der Waals surface area (Å²) < 4.78 is 17.5. The average molecular weight is 303 g/mol. The monoisotopic (exact) mass is 303 g/mol. The third-order valence-corrected chi connectivity index (χ3v) is 4.01. The van der Waals surface area contributed by atoms with Crippen LogP contribution in [-0.2, 0) is 6.54 Å². The molecule has 0 radical (unpaired) electrons. The molecule has 0 spiro atoms. The molecule has 4 aromatic rings. The van der Waals surface area contributed by atoms with Gasteiger partial charge in [-0.05, 0) is 23.8 Å². The van der Waals surface area contributed by atoms with Gasteiger partial charge in [0.1, 0.15) is 18.6 Å². The highest BCUT2D eigenvalue weighted by Gasteiger charge is 2.17. The molecular formula is C20H16FN2+. The molecule has 0 amide bonds. The van der Waals surface area contributed by atoms with Crippen LogP contribution in [0.4, 0.5) is 4.39 Å². The maximum atomic E-state index is 13.1. The highest BCUT2D eigenvalue weighted by Crippen LogP contribution is 2.19. The average Bonchev–Trinajstić information content (AvgIpc) is 2.97. The second-order valence-corrected chi connectivity index (χ2v) is 5.56. The number of hydrogen-bond donors (Lipinski definition) is 0. The quantitative estimate of drug-likeness (QED) is 0.504. The number of fused-ring (bicyclic) bond motifs is 1. The third-order valence-electron chi connectivity index (χ3n) is 4.01. The van der Waals surface area contributed by atoms with Gasteiger partial charge >= 0.3 is 0 Å². The largest absolute Gasteiger partial charge is 0.286 e. The molecule has 0 aliphatic carbocycles. The number of imidazole rings is 1. The summed E-state index contributed by atoms with van der Waals surface area (Å²) in [4.78, 5) is 0. The summed E-state index contributed by atoms with van der Waals surface area (Å²) in [6.45, 7) is 0.709. The van der Waals surface area contributed by atoms with Crippen LogP contribution in [0.5, 0.6) is 0 Å². The lowest BCUT2D eigenvalue weighted by Crippen LogP contribution is -2.32. The number of nitrogens with zero attached hydrogens (tertiary/aromatic N) is 2. The Bertz CT molecular complexity index is 940. The van der Waals surface area contributed by atoms with E-state index in [1.54, 1.807) is 0 Å². The molecule has 0 fully saturated rings. The minimum atomic E-state index is -0.203. The summed E-state index contributed by atoms with van der Waals surface area (Å²) in [5, 5.41) is 0. The van der Waals surface area contributed by atoms with Crippen LogP contribution in [0.2, 0.25) is 0 Å². The summed E-state index contributed by atoms with van der Waals surface area (Å²) in [5.41, 5.74) is 4.50. The molecule has 4 rings (SSSR count). The van der Waals surface area contributed by atoms with Gasteiger partial charge in [-0.25, -0.2) is 8.96 Å². The summed E-state index contributed by atoms with van der Waals surface area (Å²) in [6, 6.07) is 23.2. The van der Waals surface area contributed by atoms with E-state index in [-0.39, 0.29) is 5.82 Å². The molecule has 0 atom stereocenters. The fraction of sp³-hybridized carbons (Fsp3) is 0.0500. The van der Waals surface area contributed by atoms with E-state index in [1.807, 2.05) is 42.5 Å². The second-order valence-electron chi connectivity index (χ2n) is 5.56. The smallest absolute Gasteiger partial charge is 0.225 e. The van der Waals surface area contributed by atoms with E-state index >= 15 is 0 Å². The molecule has 3 heteroatoms. The third kappa shape index (κ3) is 2.61. The first-order valence-corrected chi connectivity index (χ1v) is 7.61. The maximum absolute atomic E-state index is 13.1. The number of halogens is 1. The first-order chi connectivity index (χ1) is 11.3. The van der Waals surface area contributed by atoms with Crippen molar-refractivity contribution < 1.29 is 8.96 Å². The number of pyridine rings is 1. The van der Waals surface area contributed by atoms with Crippen molar-refractivity contribution in [2.45, 2.75) is 6.54 Å². The van der Waals surface area contributed by atoms with Gasteiger partial charge in [0.25, 0.3) is 5.65 Å². The van der Waals surface area contributed by atoms with E-state index < -0.39 is 0 Å². The molecule has 0 bridgehead atoms. The lowest BCUT2D eigenvalue weighted by atomic mass is 10.2. The first-order valence-electron chi connectivity index (χ1n) is 7.61. The molecule has 0 unspecified atom stereocenters. The maximum Gasteiger partial charge on any atom is 0.286 e. The normalized spacial score (nSPS) is 11.0. The molecule has 2 nitrogen and oxygen atoms in total. The van der Waals surface area contributed by atoms with Crippen molar-refractivity contribution in [3.63, 3.8) is 0 Å². The minimum Gasteiger partial charge on any atom is -0.225 e. The summed E-state index contributed by atoms with van der Waals surface area (Å²) in [5.74, 6) is -0.203. The van der Waals surface area contributed by atoms with E-state index in [9.17, 15) is 4.39 Å². The number of hydrogen-bond acceptors (Lipinski definition) is 0. The fourth-order valence-electron chi connectivity index (χ4n) is 2.88. The Labute approximate surface area is 134 Å². The Morgan fingerprint density at radius 3 is 2.35 bits per heavy atom. The van der Waals surface area contributed by atoms with Gasteiger partial charge in [0, 0.05) is 11.6 Å². The van der Waals surface area contributed by atoms with Crippen LogP contribution in [-0.4, -0.2) is 4.40 Å². The Morgan fingerprint density at radius 1 is 0.826 bits per heavy atom. The van der Waals surface area contributed by atoms with Gasteiger partial charge in [-0.2, -0.15) is 4.40 Å². The summed E-state index contributed by atoms with van der Waals surface area (Å²) in [6.07, 6.45) is 4.22. The molecule has 0 aliphatic heterocycles. The Balaban J connectivity index is 1.83. The lowest BCUT2D eigenvalue weighted by Gasteiger charge is -1.98. The molecule has 2 heterocycles. The van der Waals surface area contributed by atoms with E-state index in [0.717, 1.165) is 16.9 Å². The minimum absolute atomic E-state index is 0.203. The van der Waals surface area contributed by atoms with Gasteiger partial charge in [0.05, 0.1) is 6.20 Å². The van der Waals surface area contributed by atoms with Gasteiger partial charge < -0.3 is 0 Å². The van der Waals surface area contributed by atoms with E-state index in [0.29, 0.717) is 6.54 Å². The highest BCUT2D eigenvalue weighted by molar-refractivity contribution is 5.61. The Morgan fingerprint density at radius 2 is 1.57 bits per heavy atom. The SMILES string of the molecule is Fc1ccc(C[n+]2cc(-c3ccccc3)n3ccccc32)cc1. The summed E-state index contributed by atoms with van der Waals surface area (Å²) in [7, 11) is 0. The van der Waals surface area contributed by atoms with Crippen molar-refractivity contribution in [3.8, 4) is 11.3 Å². The van der Waals surface area contributed by atoms with Gasteiger partial charge in [-0.3, -0.25) is 0 Å². The zero-order valence-corrected chi connectivity index (χ0v) is 12.6. The topological polar surface area (TPSA) is 8.29 Å². The molecule has 0 saturated heterocycles. The highest BCUT2D eigenvalue weighted by atomic mass is 19.1. The van der Waals surface area contributed by atoms with Crippen molar-refractivity contribution in [2.24, 2.45) is 0 Å². The number of rotatable bonds is 3. The van der Waals surface area contributed by atoms with Crippen LogP contribution in [0.3, 0.4) is 0 Å². The van der Waals surface area contributed by atoms with Crippen LogP contribution < -0.4 is 4.57 Å². The second kappa shape index (κ2) is 5.69. The molecule has 0 N–H and O–H groups in total. The van der Waals surface area contributed by atoms with Crippen molar-refractivity contribution in [1.29, 1.82) is 0 Å². The molecular weight excluding hydrogens is 287 g/mol. The first kappa shape index (κ1) is 13.7. The molecule has 23 heavy (non-hydrogen) atoms. The zero-order valence-electron chi connectivity index (χ0n) is 12.6. The van der Waals surface area contributed by atoms with E-state index in [1.165, 1.54) is 17.7 Å². The van der Waals surface area contributed by atoms with Crippen molar-refractivity contribution >= 4 is 5.65 Å². The standard InChI is InChI=1S/C20H16FN2/c21-18-11-9-16(10-12-18)14-22-15-19(17-6-2-1-3-7-17)23-13-5-4-8-20(22)23/h1-13,15H,14H2/q+1. The lowest BCUT2D eigenvalue weighted by molar-refractivity contribution is -0.661. The van der Waals surface area contributed by atoms with Crippen LogP contribution in [0.1, 0.15) is 5.56 Å². The number of benzene rings is 2. The van der Waals surface area contributed by atoms with Gasteiger partial charge in [0.2, 0.25) is 0 Å². The van der Waals surface area contributed by atoms with Gasteiger partial charge in [0.15, 0.2) is 5.69 Å². The van der Waals surface area contributed by atoms with Crippen molar-refractivity contribution in [1.82, 2.24) is 4.40 Å². The Hall–Kier alpha value is -2.94. The Kier molecular flexibility index (Phi) is 3.39. The molecule has 0 aliphatic rings. The van der Waals surface area contributed by atoms with Crippen LogP contribution >= 0.6 is 0 Å². The van der Waals surface area contributed by atoms with Crippen molar-refractivity contribution in [3.05, 3.63) is 96.6 Å². The van der Waals surface area contributed by atoms with E-state index in [2.05, 4.69) is 39.6 Å².